The van der Waals surface area contributed by atoms with Crippen LogP contribution >= 0.6 is 0 Å². The maximum atomic E-state index is 12.7. The zero-order chi connectivity index (χ0) is 24.7. The van der Waals surface area contributed by atoms with Crippen molar-refractivity contribution in [3.63, 3.8) is 0 Å². The molecule has 0 amide bonds. The molecule has 0 aliphatic carbocycles. The number of aryl methyl sites for hydroxylation is 3. The third-order valence-corrected chi connectivity index (χ3v) is 7.21. The Labute approximate surface area is 203 Å². The third-order valence-electron chi connectivity index (χ3n) is 7.21. The molecule has 1 N–H and O–H groups in total. The van der Waals surface area contributed by atoms with E-state index < -0.39 is 0 Å². The Morgan fingerprint density at radius 2 is 1.66 bits per heavy atom. The quantitative estimate of drug-likeness (QED) is 0.406. The number of aromatic nitrogens is 5. The summed E-state index contributed by atoms with van der Waals surface area (Å²) in [5.41, 5.74) is 2.14. The number of hydrogen-bond donors (Lipinski definition) is 1. The van der Waals surface area contributed by atoms with Gasteiger partial charge >= 0.3 is 5.69 Å². The number of phenols is 1. The Morgan fingerprint density at radius 3 is 2.40 bits per heavy atom. The number of anilines is 1. The van der Waals surface area contributed by atoms with Gasteiger partial charge in [-0.05, 0) is 38.4 Å². The van der Waals surface area contributed by atoms with E-state index in [0.29, 0.717) is 22.7 Å². The molecule has 0 radical (unpaired) electrons. The summed E-state index contributed by atoms with van der Waals surface area (Å²) in [6.45, 7) is 7.76. The topological polar surface area (TPSA) is 92.9 Å². The van der Waals surface area contributed by atoms with E-state index in [2.05, 4.69) is 19.4 Å². The minimum absolute atomic E-state index is 0.324. The minimum atomic E-state index is -0.368. The number of imidazole rings is 2. The molecule has 10 heteroatoms. The van der Waals surface area contributed by atoms with E-state index in [1.807, 2.05) is 35.7 Å². The van der Waals surface area contributed by atoms with E-state index in [1.54, 1.807) is 13.1 Å². The van der Waals surface area contributed by atoms with Crippen LogP contribution in [0.3, 0.4) is 0 Å². The van der Waals surface area contributed by atoms with Crippen LogP contribution in [0.15, 0.2) is 40.1 Å². The number of hydrogen-bond acceptors (Lipinski definition) is 6. The molecule has 5 rings (SSSR count). The highest BCUT2D eigenvalue weighted by molar-refractivity contribution is 5.75. The maximum absolute atomic E-state index is 12.7. The highest BCUT2D eigenvalue weighted by Crippen LogP contribution is 2.27. The van der Waals surface area contributed by atoms with Crippen LogP contribution in [0.4, 0.5) is 5.69 Å². The molecule has 0 saturated carbocycles. The van der Waals surface area contributed by atoms with Gasteiger partial charge in [0.2, 0.25) is 5.78 Å². The largest absolute Gasteiger partial charge is 0.506 e. The summed E-state index contributed by atoms with van der Waals surface area (Å²) < 4.78 is 6.51. The van der Waals surface area contributed by atoms with Gasteiger partial charge in [-0.25, -0.2) is 4.79 Å². The lowest BCUT2D eigenvalue weighted by atomic mass is 10.2. The van der Waals surface area contributed by atoms with Gasteiger partial charge in [-0.15, -0.1) is 0 Å². The standard InChI is InChI=1S/C25H33N7O3/c1-18-17-32-21-22(27(2)25(35)28(3)23(21)34)26-24(32)31(18)12-8-4-7-11-29-13-15-30(16-14-29)19-9-5-6-10-20(19)33/h5-6,9-10,17,33H,4,7-8,11-16H2,1-3H3. The number of piperazine rings is 1. The van der Waals surface area contributed by atoms with Crippen LogP contribution in [0.5, 0.6) is 5.75 Å². The summed E-state index contributed by atoms with van der Waals surface area (Å²) >= 11 is 0. The SMILES string of the molecule is Cc1cn2c3c(=O)n(C)c(=O)n(C)c3nc2n1CCCCCN1CCN(c2ccccc2O)CC1. The molecule has 0 bridgehead atoms. The predicted octanol–water partition coefficient (Wildman–Crippen LogP) is 1.69. The van der Waals surface area contributed by atoms with Gasteiger partial charge in [-0.1, -0.05) is 18.6 Å². The second kappa shape index (κ2) is 9.26. The van der Waals surface area contributed by atoms with E-state index in [4.69, 9.17) is 0 Å². The molecule has 1 aliphatic rings. The summed E-state index contributed by atoms with van der Waals surface area (Å²) in [5.74, 6) is 1.06. The first kappa shape index (κ1) is 23.2. The number of benzene rings is 1. The molecule has 4 heterocycles. The van der Waals surface area contributed by atoms with Crippen LogP contribution in [0, 0.1) is 6.92 Å². The highest BCUT2D eigenvalue weighted by Gasteiger charge is 2.20. The Hall–Kier alpha value is -3.53. The van der Waals surface area contributed by atoms with Crippen molar-refractivity contribution in [1.82, 2.24) is 28.0 Å². The lowest BCUT2D eigenvalue weighted by molar-refractivity contribution is 0.251. The van der Waals surface area contributed by atoms with Crippen molar-refractivity contribution in [1.29, 1.82) is 0 Å². The molecule has 0 unspecified atom stereocenters. The van der Waals surface area contributed by atoms with Crippen LogP contribution in [-0.4, -0.2) is 65.8 Å². The second-order valence-electron chi connectivity index (χ2n) is 9.46. The zero-order valence-corrected chi connectivity index (χ0v) is 20.6. The maximum Gasteiger partial charge on any atom is 0.332 e. The van der Waals surface area contributed by atoms with Crippen LogP contribution in [0.1, 0.15) is 25.0 Å². The Bertz CT molecular complexity index is 1490. The molecule has 0 atom stereocenters. The summed E-state index contributed by atoms with van der Waals surface area (Å²) in [6, 6.07) is 7.54. The minimum Gasteiger partial charge on any atom is -0.506 e. The fourth-order valence-electron chi connectivity index (χ4n) is 5.13. The highest BCUT2D eigenvalue weighted by atomic mass is 16.3. The third kappa shape index (κ3) is 4.12. The molecule has 186 valence electrons. The number of rotatable bonds is 7. The van der Waals surface area contributed by atoms with Crippen LogP contribution in [0.2, 0.25) is 0 Å². The summed E-state index contributed by atoms with van der Waals surface area (Å²) in [6.07, 6.45) is 5.17. The van der Waals surface area contributed by atoms with E-state index in [1.165, 1.54) is 11.6 Å². The van der Waals surface area contributed by atoms with Crippen molar-refractivity contribution in [2.24, 2.45) is 14.1 Å². The van der Waals surface area contributed by atoms with E-state index in [-0.39, 0.29) is 11.2 Å². The summed E-state index contributed by atoms with van der Waals surface area (Å²) in [7, 11) is 3.15. The van der Waals surface area contributed by atoms with Crippen LogP contribution in [-0.2, 0) is 20.6 Å². The van der Waals surface area contributed by atoms with E-state index in [9.17, 15) is 14.7 Å². The van der Waals surface area contributed by atoms with Crippen LogP contribution < -0.4 is 16.1 Å². The first-order chi connectivity index (χ1) is 16.9. The van der Waals surface area contributed by atoms with Gasteiger partial charge in [0.15, 0.2) is 11.2 Å². The van der Waals surface area contributed by atoms with Gasteiger partial charge in [0.25, 0.3) is 5.56 Å². The molecule has 1 aromatic carbocycles. The molecule has 35 heavy (non-hydrogen) atoms. The lowest BCUT2D eigenvalue weighted by Gasteiger charge is -2.36. The van der Waals surface area contributed by atoms with Crippen molar-refractivity contribution in [3.8, 4) is 5.75 Å². The van der Waals surface area contributed by atoms with Crippen molar-refractivity contribution in [2.75, 3.05) is 37.6 Å². The molecule has 1 aliphatic heterocycles. The Balaban J connectivity index is 1.17. The molecule has 1 fully saturated rings. The smallest absolute Gasteiger partial charge is 0.332 e. The fraction of sp³-hybridized carbons (Fsp3) is 0.480. The summed E-state index contributed by atoms with van der Waals surface area (Å²) in [5, 5.41) is 10.1. The Morgan fingerprint density at radius 1 is 0.943 bits per heavy atom. The lowest BCUT2D eigenvalue weighted by Crippen LogP contribution is -2.46. The van der Waals surface area contributed by atoms with Gasteiger partial charge < -0.3 is 14.6 Å². The monoisotopic (exact) mass is 479 g/mol. The Kier molecular flexibility index (Phi) is 6.14. The van der Waals surface area contributed by atoms with Gasteiger partial charge in [-0.2, -0.15) is 4.98 Å². The number of nitrogens with zero attached hydrogens (tertiary/aromatic N) is 7. The predicted molar refractivity (Wildman–Crippen MR) is 137 cm³/mol. The number of aromatic hydroxyl groups is 1. The fourth-order valence-corrected chi connectivity index (χ4v) is 5.13. The molecule has 3 aromatic heterocycles. The average Bonchev–Trinajstić information content (AvgIpc) is 3.37. The molecule has 1 saturated heterocycles. The van der Waals surface area contributed by atoms with Gasteiger partial charge in [0.05, 0.1) is 5.69 Å². The van der Waals surface area contributed by atoms with E-state index in [0.717, 1.165) is 74.5 Å². The molecule has 0 spiro atoms. The van der Waals surface area contributed by atoms with Gasteiger partial charge in [0.1, 0.15) is 5.75 Å². The van der Waals surface area contributed by atoms with Crippen molar-refractivity contribution in [2.45, 2.75) is 32.7 Å². The first-order valence-corrected chi connectivity index (χ1v) is 12.3. The normalized spacial score (nSPS) is 15.0. The first-order valence-electron chi connectivity index (χ1n) is 12.3. The zero-order valence-electron chi connectivity index (χ0n) is 20.6. The number of unbranched alkanes of at least 4 members (excludes halogenated alkanes) is 2. The average molecular weight is 480 g/mol. The molecular formula is C25H33N7O3. The van der Waals surface area contributed by atoms with Gasteiger partial charge in [0, 0.05) is 58.7 Å². The van der Waals surface area contributed by atoms with Crippen molar-refractivity contribution < 1.29 is 5.11 Å². The van der Waals surface area contributed by atoms with E-state index >= 15 is 0 Å². The summed E-state index contributed by atoms with van der Waals surface area (Å²) in [4.78, 5) is 34.4. The second-order valence-corrected chi connectivity index (χ2v) is 9.46. The van der Waals surface area contributed by atoms with Crippen molar-refractivity contribution >= 4 is 22.6 Å². The van der Waals surface area contributed by atoms with Gasteiger partial charge in [-0.3, -0.25) is 23.2 Å². The number of phenolic OH excluding ortho intramolecular Hbond substituents is 1. The van der Waals surface area contributed by atoms with Crippen molar-refractivity contribution in [3.05, 3.63) is 57.0 Å². The molecule has 4 aromatic rings. The number of para-hydroxylation sites is 2. The van der Waals surface area contributed by atoms with Crippen LogP contribution in [0.25, 0.3) is 16.9 Å². The molecular weight excluding hydrogens is 446 g/mol. The number of fused-ring (bicyclic) bond motifs is 3. The molecule has 10 nitrogen and oxygen atoms in total.